The zero-order valence-corrected chi connectivity index (χ0v) is 11.5. The van der Waals surface area contributed by atoms with Crippen molar-refractivity contribution in [2.45, 2.75) is 25.9 Å². The Hall–Kier alpha value is -1.34. The van der Waals surface area contributed by atoms with E-state index in [1.54, 1.807) is 0 Å². The second-order valence-electron chi connectivity index (χ2n) is 5.19. The van der Waals surface area contributed by atoms with Crippen molar-refractivity contribution in [1.82, 2.24) is 4.90 Å². The quantitative estimate of drug-likeness (QED) is 0.801. The highest BCUT2D eigenvalue weighted by Crippen LogP contribution is 2.25. The van der Waals surface area contributed by atoms with Crippen LogP contribution in [0.1, 0.15) is 24.5 Å². The molecule has 1 heterocycles. The van der Waals surface area contributed by atoms with Gasteiger partial charge >= 0.3 is 0 Å². The van der Waals surface area contributed by atoms with E-state index in [1.807, 2.05) is 12.1 Å². The average molecular weight is 258 g/mol. The van der Waals surface area contributed by atoms with Gasteiger partial charge in [-0.15, -0.1) is 0 Å². The maximum Gasteiger partial charge on any atom is 0.0589 e. The number of hydrogen-bond donors (Lipinski definition) is 2. The predicted octanol–water partition coefficient (Wildman–Crippen LogP) is 1.20. The van der Waals surface area contributed by atoms with Gasteiger partial charge in [0.15, 0.2) is 0 Å². The summed E-state index contributed by atoms with van der Waals surface area (Å²) in [6, 6.07) is 8.59. The molecule has 0 saturated carbocycles. The van der Waals surface area contributed by atoms with Crippen molar-refractivity contribution in [3.63, 3.8) is 0 Å². The summed E-state index contributed by atoms with van der Waals surface area (Å²) in [4.78, 5) is 2.37. The average Bonchev–Trinajstić information content (AvgIpc) is 2.78. The summed E-state index contributed by atoms with van der Waals surface area (Å²) < 4.78 is 0. The normalized spacial score (nSPS) is 23.1. The first-order chi connectivity index (χ1) is 9.24. The maximum absolute atomic E-state index is 9.45. The summed E-state index contributed by atoms with van der Waals surface area (Å²) in [5, 5.41) is 9.45. The Labute approximate surface area is 115 Å². The van der Waals surface area contributed by atoms with Gasteiger partial charge in [-0.25, -0.2) is 0 Å². The second-order valence-corrected chi connectivity index (χ2v) is 5.19. The van der Waals surface area contributed by atoms with Gasteiger partial charge in [0.2, 0.25) is 0 Å². The van der Waals surface area contributed by atoms with Crippen LogP contribution >= 0.6 is 0 Å². The molecule has 19 heavy (non-hydrogen) atoms. The van der Waals surface area contributed by atoms with Crippen molar-refractivity contribution in [2.75, 3.05) is 19.7 Å². The molecule has 2 rings (SSSR count). The molecule has 1 aliphatic rings. The van der Waals surface area contributed by atoms with E-state index >= 15 is 0 Å². The lowest BCUT2D eigenvalue weighted by molar-refractivity contribution is 0.134. The molecule has 0 aliphatic carbocycles. The highest BCUT2D eigenvalue weighted by molar-refractivity contribution is 5.36. The molecule has 1 saturated heterocycles. The zero-order valence-electron chi connectivity index (χ0n) is 11.5. The molecule has 0 amide bonds. The minimum absolute atomic E-state index is 0.251. The molecular formula is C16H22N2O. The molecule has 0 spiro atoms. The molecule has 1 aromatic rings. The van der Waals surface area contributed by atoms with Crippen molar-refractivity contribution in [3.05, 3.63) is 35.4 Å². The van der Waals surface area contributed by atoms with Gasteiger partial charge in [0.1, 0.15) is 0 Å². The molecule has 0 bridgehead atoms. The SMILES string of the molecule is CC1CCN(Cc2ccc(C#CCN)cc2)C1CO. The van der Waals surface area contributed by atoms with E-state index in [2.05, 4.69) is 35.8 Å². The van der Waals surface area contributed by atoms with E-state index in [4.69, 9.17) is 5.73 Å². The first kappa shape index (κ1) is 14.1. The highest BCUT2D eigenvalue weighted by atomic mass is 16.3. The molecule has 1 aliphatic heterocycles. The van der Waals surface area contributed by atoms with Crippen LogP contribution in [-0.4, -0.2) is 35.7 Å². The van der Waals surface area contributed by atoms with Crippen LogP contribution in [0.2, 0.25) is 0 Å². The van der Waals surface area contributed by atoms with Crippen LogP contribution in [-0.2, 0) is 6.54 Å². The van der Waals surface area contributed by atoms with Crippen molar-refractivity contribution in [3.8, 4) is 11.8 Å². The molecule has 102 valence electrons. The number of benzene rings is 1. The molecule has 3 heteroatoms. The van der Waals surface area contributed by atoms with Gasteiger partial charge in [-0.2, -0.15) is 0 Å². The standard InChI is InChI=1S/C16H22N2O/c1-13-8-10-18(16(13)12-19)11-15-6-4-14(5-7-15)3-2-9-17/h4-7,13,16,19H,8-12,17H2,1H3. The number of hydrogen-bond acceptors (Lipinski definition) is 3. The Morgan fingerprint density at radius 1 is 1.37 bits per heavy atom. The van der Waals surface area contributed by atoms with E-state index in [0.717, 1.165) is 18.7 Å². The van der Waals surface area contributed by atoms with Crippen LogP contribution < -0.4 is 5.73 Å². The lowest BCUT2D eigenvalue weighted by Gasteiger charge is -2.25. The van der Waals surface area contributed by atoms with E-state index in [9.17, 15) is 5.11 Å². The lowest BCUT2D eigenvalue weighted by atomic mass is 10.0. The van der Waals surface area contributed by atoms with Gasteiger partial charge in [0, 0.05) is 18.2 Å². The largest absolute Gasteiger partial charge is 0.395 e. The Balaban J connectivity index is 1.99. The second kappa shape index (κ2) is 6.72. The molecule has 0 aromatic heterocycles. The van der Waals surface area contributed by atoms with Crippen molar-refractivity contribution >= 4 is 0 Å². The van der Waals surface area contributed by atoms with Crippen LogP contribution in [0.4, 0.5) is 0 Å². The summed E-state index contributed by atoms with van der Waals surface area (Å²) in [6.45, 7) is 4.83. The number of likely N-dealkylation sites (tertiary alicyclic amines) is 1. The van der Waals surface area contributed by atoms with E-state index in [1.165, 1.54) is 12.0 Å². The number of aliphatic hydroxyl groups is 1. The van der Waals surface area contributed by atoms with Crippen molar-refractivity contribution < 1.29 is 5.11 Å². The lowest BCUT2D eigenvalue weighted by Crippen LogP contribution is -2.34. The molecule has 0 radical (unpaired) electrons. The topological polar surface area (TPSA) is 49.5 Å². The third kappa shape index (κ3) is 3.57. The summed E-state index contributed by atoms with van der Waals surface area (Å²) in [5.74, 6) is 6.46. The van der Waals surface area contributed by atoms with Crippen LogP contribution in [0.3, 0.4) is 0 Å². The van der Waals surface area contributed by atoms with Gasteiger partial charge in [0.05, 0.1) is 13.2 Å². The summed E-state index contributed by atoms with van der Waals surface area (Å²) in [7, 11) is 0. The number of aliphatic hydroxyl groups excluding tert-OH is 1. The summed E-state index contributed by atoms with van der Waals surface area (Å²) in [6.07, 6.45) is 1.17. The van der Waals surface area contributed by atoms with Crippen LogP contribution in [0.25, 0.3) is 0 Å². The first-order valence-corrected chi connectivity index (χ1v) is 6.87. The minimum Gasteiger partial charge on any atom is -0.395 e. The minimum atomic E-state index is 0.251. The van der Waals surface area contributed by atoms with Gasteiger partial charge in [-0.3, -0.25) is 4.90 Å². The molecule has 1 aromatic carbocycles. The van der Waals surface area contributed by atoms with Crippen LogP contribution in [0.15, 0.2) is 24.3 Å². The Morgan fingerprint density at radius 3 is 2.74 bits per heavy atom. The zero-order chi connectivity index (χ0) is 13.7. The van der Waals surface area contributed by atoms with Gasteiger partial charge < -0.3 is 10.8 Å². The van der Waals surface area contributed by atoms with Gasteiger partial charge in [-0.1, -0.05) is 30.9 Å². The third-order valence-electron chi connectivity index (χ3n) is 3.86. The smallest absolute Gasteiger partial charge is 0.0589 e. The molecule has 2 unspecified atom stereocenters. The van der Waals surface area contributed by atoms with E-state index in [-0.39, 0.29) is 6.61 Å². The van der Waals surface area contributed by atoms with E-state index in [0.29, 0.717) is 18.5 Å². The fraction of sp³-hybridized carbons (Fsp3) is 0.500. The molecule has 2 atom stereocenters. The molecule has 1 fully saturated rings. The molecule has 3 N–H and O–H groups in total. The monoisotopic (exact) mass is 258 g/mol. The van der Waals surface area contributed by atoms with Gasteiger partial charge in [0.25, 0.3) is 0 Å². The Bertz CT molecular complexity index is 458. The third-order valence-corrected chi connectivity index (χ3v) is 3.86. The Kier molecular flexibility index (Phi) is 4.98. The van der Waals surface area contributed by atoms with Crippen molar-refractivity contribution in [2.24, 2.45) is 11.7 Å². The molecular weight excluding hydrogens is 236 g/mol. The summed E-state index contributed by atoms with van der Waals surface area (Å²) in [5.41, 5.74) is 7.63. The number of nitrogens with zero attached hydrogens (tertiary/aromatic N) is 1. The van der Waals surface area contributed by atoms with Crippen molar-refractivity contribution in [1.29, 1.82) is 0 Å². The van der Waals surface area contributed by atoms with Gasteiger partial charge in [-0.05, 0) is 36.6 Å². The summed E-state index contributed by atoms with van der Waals surface area (Å²) >= 11 is 0. The maximum atomic E-state index is 9.45. The van der Waals surface area contributed by atoms with Crippen LogP contribution in [0, 0.1) is 17.8 Å². The van der Waals surface area contributed by atoms with Crippen LogP contribution in [0.5, 0.6) is 0 Å². The Morgan fingerprint density at radius 2 is 2.11 bits per heavy atom. The molecule has 3 nitrogen and oxygen atoms in total. The number of rotatable bonds is 3. The fourth-order valence-electron chi connectivity index (χ4n) is 2.66. The number of nitrogens with two attached hydrogens (primary N) is 1. The highest BCUT2D eigenvalue weighted by Gasteiger charge is 2.30. The first-order valence-electron chi connectivity index (χ1n) is 6.87. The fourth-order valence-corrected chi connectivity index (χ4v) is 2.66. The van der Waals surface area contributed by atoms with E-state index < -0.39 is 0 Å². The predicted molar refractivity (Wildman–Crippen MR) is 77.4 cm³/mol.